The van der Waals surface area contributed by atoms with Gasteiger partial charge in [0.1, 0.15) is 0 Å². The molecule has 0 saturated heterocycles. The van der Waals surface area contributed by atoms with Crippen LogP contribution < -0.4 is 5.32 Å². The molecular formula is C19H25N5O3S3. The van der Waals surface area contributed by atoms with Crippen molar-refractivity contribution in [2.75, 3.05) is 25.2 Å². The van der Waals surface area contributed by atoms with Gasteiger partial charge in [0.15, 0.2) is 10.3 Å². The summed E-state index contributed by atoms with van der Waals surface area (Å²) in [4.78, 5) is 21.4. The van der Waals surface area contributed by atoms with E-state index in [0.29, 0.717) is 15.8 Å². The van der Waals surface area contributed by atoms with Gasteiger partial charge in [-0.25, -0.2) is 22.7 Å². The van der Waals surface area contributed by atoms with Crippen LogP contribution >= 0.6 is 23.1 Å². The number of unbranched alkanes of at least 4 members (excludes halogenated alkanes) is 1. The van der Waals surface area contributed by atoms with Gasteiger partial charge in [0.25, 0.3) is 0 Å². The van der Waals surface area contributed by atoms with Gasteiger partial charge < -0.3 is 9.88 Å². The fraction of sp³-hybridized carbons (Fsp3) is 0.421. The first-order valence-corrected chi connectivity index (χ1v) is 12.8. The Bertz CT molecular complexity index is 1150. The van der Waals surface area contributed by atoms with E-state index in [9.17, 15) is 13.2 Å². The number of benzene rings is 1. The molecule has 30 heavy (non-hydrogen) atoms. The zero-order chi connectivity index (χ0) is 21.9. The van der Waals surface area contributed by atoms with Crippen LogP contribution in [0.2, 0.25) is 0 Å². The lowest BCUT2D eigenvalue weighted by atomic mass is 10.3. The number of nitrogens with zero attached hydrogens (tertiary/aromatic N) is 4. The van der Waals surface area contributed by atoms with E-state index < -0.39 is 10.0 Å². The first-order valence-electron chi connectivity index (χ1n) is 9.50. The SMILES string of the molecule is CCCCn1c(SCC(=O)Nc2nc(C)cs2)nc2cc(S(=O)(=O)N(C)C)ccc21. The van der Waals surface area contributed by atoms with Gasteiger partial charge in [-0.3, -0.25) is 4.79 Å². The number of anilines is 1. The number of carbonyl (C=O) groups excluding carboxylic acids is 1. The predicted molar refractivity (Wildman–Crippen MR) is 122 cm³/mol. The number of thiazole rings is 1. The molecule has 3 rings (SSSR count). The molecule has 0 radical (unpaired) electrons. The highest BCUT2D eigenvalue weighted by Gasteiger charge is 2.20. The van der Waals surface area contributed by atoms with E-state index in [-0.39, 0.29) is 16.6 Å². The Morgan fingerprint density at radius 3 is 2.70 bits per heavy atom. The van der Waals surface area contributed by atoms with Crippen molar-refractivity contribution >= 4 is 55.2 Å². The van der Waals surface area contributed by atoms with Crippen molar-refractivity contribution in [3.63, 3.8) is 0 Å². The van der Waals surface area contributed by atoms with E-state index in [1.807, 2.05) is 12.3 Å². The third kappa shape index (κ3) is 5.02. The molecule has 1 amide bonds. The molecule has 0 aliphatic rings. The summed E-state index contributed by atoms with van der Waals surface area (Å²) in [7, 11) is -0.533. The molecule has 0 atom stereocenters. The van der Waals surface area contributed by atoms with Crippen molar-refractivity contribution in [2.45, 2.75) is 43.3 Å². The van der Waals surface area contributed by atoms with Crippen LogP contribution in [-0.2, 0) is 21.4 Å². The average Bonchev–Trinajstić information content (AvgIpc) is 3.26. The number of imidazole rings is 1. The molecular weight excluding hydrogens is 442 g/mol. The minimum Gasteiger partial charge on any atom is -0.319 e. The monoisotopic (exact) mass is 467 g/mol. The Morgan fingerprint density at radius 1 is 1.30 bits per heavy atom. The lowest BCUT2D eigenvalue weighted by Gasteiger charge is -2.11. The number of aromatic nitrogens is 3. The Balaban J connectivity index is 1.85. The van der Waals surface area contributed by atoms with Crippen LogP contribution in [0.4, 0.5) is 5.13 Å². The number of hydrogen-bond acceptors (Lipinski definition) is 7. The van der Waals surface area contributed by atoms with Gasteiger partial charge in [-0.05, 0) is 31.5 Å². The molecule has 0 bridgehead atoms. The maximum absolute atomic E-state index is 12.5. The summed E-state index contributed by atoms with van der Waals surface area (Å²) in [6.45, 7) is 4.74. The number of hydrogen-bond donors (Lipinski definition) is 1. The van der Waals surface area contributed by atoms with Crippen LogP contribution in [0, 0.1) is 6.92 Å². The van der Waals surface area contributed by atoms with Crippen molar-refractivity contribution in [1.82, 2.24) is 18.8 Å². The van der Waals surface area contributed by atoms with Crippen molar-refractivity contribution in [1.29, 1.82) is 0 Å². The molecule has 0 fully saturated rings. The zero-order valence-electron chi connectivity index (χ0n) is 17.4. The molecule has 8 nitrogen and oxygen atoms in total. The minimum atomic E-state index is -3.54. The van der Waals surface area contributed by atoms with E-state index in [0.717, 1.165) is 30.6 Å². The second-order valence-corrected chi connectivity index (χ2v) is 10.9. The standard InChI is InChI=1S/C19H25N5O3S3/c1-5-6-9-24-16-8-7-14(30(26,27)23(3)4)10-15(16)21-19(24)29-12-17(25)22-18-20-13(2)11-28-18/h7-8,10-11H,5-6,9,12H2,1-4H3,(H,20,22,25). The Morgan fingerprint density at radius 2 is 2.07 bits per heavy atom. The first kappa shape index (κ1) is 22.7. The highest BCUT2D eigenvalue weighted by atomic mass is 32.2. The second-order valence-electron chi connectivity index (χ2n) is 6.97. The lowest BCUT2D eigenvalue weighted by molar-refractivity contribution is -0.113. The average molecular weight is 468 g/mol. The molecule has 0 aliphatic carbocycles. The molecule has 162 valence electrons. The Hall–Kier alpha value is -1.95. The molecule has 2 heterocycles. The smallest absolute Gasteiger partial charge is 0.242 e. The summed E-state index contributed by atoms with van der Waals surface area (Å²) in [5.41, 5.74) is 2.33. The largest absolute Gasteiger partial charge is 0.319 e. The van der Waals surface area contributed by atoms with Crippen molar-refractivity contribution < 1.29 is 13.2 Å². The van der Waals surface area contributed by atoms with Crippen molar-refractivity contribution in [3.8, 4) is 0 Å². The first-order chi connectivity index (χ1) is 14.2. The number of rotatable bonds is 9. The van der Waals surface area contributed by atoms with Crippen LogP contribution in [0.5, 0.6) is 0 Å². The summed E-state index contributed by atoms with van der Waals surface area (Å²) >= 11 is 2.72. The Kier molecular flexibility index (Phi) is 7.17. The third-order valence-corrected chi connectivity index (χ3v) is 8.06. The number of aryl methyl sites for hydroxylation is 2. The van der Waals surface area contributed by atoms with E-state index in [1.54, 1.807) is 18.2 Å². The van der Waals surface area contributed by atoms with Gasteiger partial charge in [-0.2, -0.15) is 0 Å². The summed E-state index contributed by atoms with van der Waals surface area (Å²) in [6.07, 6.45) is 1.97. The molecule has 0 unspecified atom stereocenters. The lowest BCUT2D eigenvalue weighted by Crippen LogP contribution is -2.22. The van der Waals surface area contributed by atoms with Crippen LogP contribution in [0.3, 0.4) is 0 Å². The molecule has 3 aromatic rings. The van der Waals surface area contributed by atoms with E-state index in [1.165, 1.54) is 41.5 Å². The quantitative estimate of drug-likeness (QED) is 0.483. The zero-order valence-corrected chi connectivity index (χ0v) is 19.8. The van der Waals surface area contributed by atoms with Gasteiger partial charge in [-0.1, -0.05) is 25.1 Å². The number of sulfonamides is 1. The predicted octanol–water partition coefficient (Wildman–Crippen LogP) is 3.58. The van der Waals surface area contributed by atoms with Crippen LogP contribution in [0.15, 0.2) is 33.6 Å². The molecule has 1 aromatic carbocycles. The van der Waals surface area contributed by atoms with Gasteiger partial charge in [0, 0.05) is 26.0 Å². The summed E-state index contributed by atoms with van der Waals surface area (Å²) in [5.74, 6) is 0.0380. The number of fused-ring (bicyclic) bond motifs is 1. The molecule has 11 heteroatoms. The number of nitrogens with one attached hydrogen (secondary N) is 1. The van der Waals surface area contributed by atoms with Gasteiger partial charge >= 0.3 is 0 Å². The summed E-state index contributed by atoms with van der Waals surface area (Å²) < 4.78 is 28.2. The number of thioether (sulfide) groups is 1. The van der Waals surface area contributed by atoms with Crippen LogP contribution in [0.1, 0.15) is 25.5 Å². The summed E-state index contributed by atoms with van der Waals surface area (Å²) in [6, 6.07) is 4.99. The van der Waals surface area contributed by atoms with Gasteiger partial charge in [0.2, 0.25) is 15.9 Å². The number of amides is 1. The van der Waals surface area contributed by atoms with E-state index in [2.05, 4.69) is 26.8 Å². The Labute approximate surface area is 184 Å². The second kappa shape index (κ2) is 9.46. The molecule has 1 N–H and O–H groups in total. The van der Waals surface area contributed by atoms with Crippen LogP contribution in [-0.4, -0.2) is 53.0 Å². The minimum absolute atomic E-state index is 0.153. The number of carbonyl (C=O) groups is 1. The maximum atomic E-state index is 12.5. The maximum Gasteiger partial charge on any atom is 0.242 e. The topological polar surface area (TPSA) is 97.2 Å². The molecule has 0 spiro atoms. The van der Waals surface area contributed by atoms with Gasteiger partial charge in [-0.15, -0.1) is 11.3 Å². The van der Waals surface area contributed by atoms with Crippen molar-refractivity contribution in [2.24, 2.45) is 0 Å². The van der Waals surface area contributed by atoms with Gasteiger partial charge in [0.05, 0.1) is 27.4 Å². The molecule has 0 saturated carbocycles. The third-order valence-electron chi connectivity index (χ3n) is 4.40. The van der Waals surface area contributed by atoms with E-state index in [4.69, 9.17) is 0 Å². The highest BCUT2D eigenvalue weighted by Crippen LogP contribution is 2.27. The highest BCUT2D eigenvalue weighted by molar-refractivity contribution is 7.99. The fourth-order valence-corrected chi connectivity index (χ4v) is 5.27. The van der Waals surface area contributed by atoms with Crippen molar-refractivity contribution in [3.05, 3.63) is 29.3 Å². The normalized spacial score (nSPS) is 12.0. The molecule has 2 aromatic heterocycles. The van der Waals surface area contributed by atoms with E-state index >= 15 is 0 Å². The fourth-order valence-electron chi connectivity index (χ4n) is 2.80. The summed E-state index contributed by atoms with van der Waals surface area (Å²) in [5, 5.41) is 5.96. The van der Waals surface area contributed by atoms with Crippen LogP contribution in [0.25, 0.3) is 11.0 Å². The molecule has 0 aliphatic heterocycles.